The zero-order valence-corrected chi connectivity index (χ0v) is 7.37. The number of rotatable bonds is 1. The second kappa shape index (κ2) is 10.6. The number of aliphatic carboxylic acids is 1. The van der Waals surface area contributed by atoms with Crippen molar-refractivity contribution >= 4 is 24.8 Å². The first-order valence-electron chi connectivity index (χ1n) is 1.34. The van der Waals surface area contributed by atoms with Gasteiger partial charge in [-0.1, -0.05) is 0 Å². The molecule has 0 aromatic heterocycles. The van der Waals surface area contributed by atoms with E-state index in [4.69, 9.17) is 33.8 Å². The summed E-state index contributed by atoms with van der Waals surface area (Å²) in [6.07, 6.45) is 0. The number of hydrogen-bond acceptors (Lipinski definition) is 2. The number of halogens is 2. The molecule has 0 rings (SSSR count). The van der Waals surface area contributed by atoms with Crippen molar-refractivity contribution in [2.45, 2.75) is 0 Å². The first-order chi connectivity index (χ1) is 3.68. The average Bonchev–Trinajstić information content (AvgIpc) is 1.69. The van der Waals surface area contributed by atoms with Gasteiger partial charge in [0.05, 0.1) is 0 Å². The molecule has 0 saturated carbocycles. The maximum absolute atomic E-state index is 9.12. The fourth-order valence-corrected chi connectivity index (χ4v) is 0. The van der Waals surface area contributed by atoms with Gasteiger partial charge in [-0.25, -0.2) is 4.79 Å². The zero-order chi connectivity index (χ0) is 6.99. The van der Waals surface area contributed by atoms with E-state index in [1.54, 1.807) is 0 Å². The van der Waals surface area contributed by atoms with E-state index in [1.165, 1.54) is 0 Å². The number of carboxylic acid groups (broad SMARTS) is 1. The minimum absolute atomic E-state index is 0.472. The molecule has 0 atom stereocenters. The van der Waals surface area contributed by atoms with Crippen LogP contribution in [0.15, 0.2) is 0 Å². The Hall–Kier alpha value is 0.698. The van der Waals surface area contributed by atoms with Gasteiger partial charge in [0.2, 0.25) is 0 Å². The van der Waals surface area contributed by atoms with E-state index >= 15 is 0 Å². The van der Waals surface area contributed by atoms with E-state index in [2.05, 4.69) is 0 Å². The van der Waals surface area contributed by atoms with Crippen molar-refractivity contribution in [1.82, 2.24) is 0 Å². The van der Waals surface area contributed by atoms with Gasteiger partial charge >= 0.3 is 41.3 Å². The van der Waals surface area contributed by atoms with Crippen LogP contribution >= 0.6 is 18.8 Å². The SMILES string of the molecule is O=C(O)CO.[Cl][Pt][Cl]. The predicted octanol–water partition coefficient (Wildman–Crippen LogP) is 0.440. The first-order valence-corrected chi connectivity index (χ1v) is 6.97. The van der Waals surface area contributed by atoms with Crippen molar-refractivity contribution in [3.63, 3.8) is 0 Å². The molecule has 0 spiro atoms. The molecule has 0 unspecified atom stereocenters. The second-order valence-electron chi connectivity index (χ2n) is 0.597. The maximum atomic E-state index is 9.12. The van der Waals surface area contributed by atoms with Crippen molar-refractivity contribution < 1.29 is 31.5 Å². The van der Waals surface area contributed by atoms with Crippen molar-refractivity contribution in [3.05, 3.63) is 0 Å². The normalized spacial score (nSPS) is 7.38. The number of carbonyl (C=O) groups is 1. The molecular formula is C2H4Cl2O3Pt. The zero-order valence-electron chi connectivity index (χ0n) is 3.58. The molecule has 2 N–H and O–H groups in total. The van der Waals surface area contributed by atoms with Crippen LogP contribution in [0.5, 0.6) is 0 Å². The Morgan fingerprint density at radius 1 is 1.62 bits per heavy atom. The van der Waals surface area contributed by atoms with Crippen LogP contribution in [0.4, 0.5) is 0 Å². The Labute approximate surface area is 63.0 Å². The number of carboxylic acids is 1. The fraction of sp³-hybridized carbons (Fsp3) is 0.500. The van der Waals surface area contributed by atoms with Crippen LogP contribution in [0.3, 0.4) is 0 Å². The Morgan fingerprint density at radius 2 is 1.75 bits per heavy atom. The molecular weight excluding hydrogens is 338 g/mol. The van der Waals surface area contributed by atoms with E-state index in [0.29, 0.717) is 0 Å². The minimum atomic E-state index is -1.19. The molecule has 0 saturated heterocycles. The van der Waals surface area contributed by atoms with Crippen LogP contribution in [0.25, 0.3) is 0 Å². The molecule has 0 radical (unpaired) electrons. The molecule has 0 heterocycles. The molecule has 6 heteroatoms. The molecule has 3 nitrogen and oxygen atoms in total. The molecule has 54 valence electrons. The van der Waals surface area contributed by atoms with Crippen LogP contribution in [0, 0.1) is 0 Å². The Balaban J connectivity index is 0. The Morgan fingerprint density at radius 3 is 1.75 bits per heavy atom. The summed E-state index contributed by atoms with van der Waals surface area (Å²) in [5, 5.41) is 15.0. The van der Waals surface area contributed by atoms with Crippen molar-refractivity contribution in [2.24, 2.45) is 0 Å². The monoisotopic (exact) mass is 341 g/mol. The summed E-state index contributed by atoms with van der Waals surface area (Å²) in [7, 11) is 9.75. The molecule has 0 aliphatic rings. The molecule has 0 aromatic carbocycles. The third kappa shape index (κ3) is 29.9. The fourth-order valence-electron chi connectivity index (χ4n) is 0. The third-order valence-corrected chi connectivity index (χ3v) is 0.135. The van der Waals surface area contributed by atoms with Crippen LogP contribution in [-0.2, 0) is 21.3 Å². The molecule has 0 aliphatic carbocycles. The van der Waals surface area contributed by atoms with Gasteiger partial charge in [0.1, 0.15) is 6.61 Å². The van der Waals surface area contributed by atoms with Gasteiger partial charge in [0, 0.05) is 0 Å². The van der Waals surface area contributed by atoms with Gasteiger partial charge in [0.15, 0.2) is 0 Å². The molecule has 0 aromatic rings. The van der Waals surface area contributed by atoms with Gasteiger partial charge in [-0.15, -0.1) is 0 Å². The van der Waals surface area contributed by atoms with Gasteiger partial charge in [-0.3, -0.25) is 0 Å². The van der Waals surface area contributed by atoms with Crippen molar-refractivity contribution in [2.75, 3.05) is 6.61 Å². The first kappa shape index (κ1) is 11.5. The quantitative estimate of drug-likeness (QED) is 0.727. The predicted molar refractivity (Wildman–Crippen MR) is 26.4 cm³/mol. The summed E-state index contributed by atoms with van der Waals surface area (Å²) >= 11 is -0.472. The van der Waals surface area contributed by atoms with Gasteiger partial charge in [-0.05, 0) is 0 Å². The van der Waals surface area contributed by atoms with Crippen LogP contribution < -0.4 is 0 Å². The van der Waals surface area contributed by atoms with Gasteiger partial charge in [-0.2, -0.15) is 0 Å². The van der Waals surface area contributed by atoms with E-state index in [0.717, 1.165) is 0 Å². The van der Waals surface area contributed by atoms with Crippen molar-refractivity contribution in [3.8, 4) is 0 Å². The third-order valence-electron chi connectivity index (χ3n) is 0.135. The van der Waals surface area contributed by atoms with Crippen LogP contribution in [-0.4, -0.2) is 22.8 Å². The second-order valence-corrected chi connectivity index (χ2v) is 3.88. The molecule has 0 aliphatic heterocycles. The summed E-state index contributed by atoms with van der Waals surface area (Å²) < 4.78 is 0. The molecule has 0 amide bonds. The van der Waals surface area contributed by atoms with E-state index in [-0.39, 0.29) is 0 Å². The summed E-state index contributed by atoms with van der Waals surface area (Å²) in [5.74, 6) is -1.19. The van der Waals surface area contributed by atoms with E-state index in [1.807, 2.05) is 0 Å². The van der Waals surface area contributed by atoms with Gasteiger partial charge < -0.3 is 10.2 Å². The van der Waals surface area contributed by atoms with E-state index < -0.39 is 29.1 Å². The van der Waals surface area contributed by atoms with Crippen LogP contribution in [0.1, 0.15) is 0 Å². The summed E-state index contributed by atoms with van der Waals surface area (Å²) in [4.78, 5) is 9.12. The van der Waals surface area contributed by atoms with E-state index in [9.17, 15) is 0 Å². The summed E-state index contributed by atoms with van der Waals surface area (Å²) in [5.41, 5.74) is 0. The topological polar surface area (TPSA) is 57.5 Å². The summed E-state index contributed by atoms with van der Waals surface area (Å²) in [6.45, 7) is -0.778. The number of aliphatic hydroxyl groups is 1. The number of aliphatic hydroxyl groups excluding tert-OH is 1. The molecule has 8 heavy (non-hydrogen) atoms. The number of hydrogen-bond donors (Lipinski definition) is 2. The Bertz CT molecular complexity index is 59.2. The van der Waals surface area contributed by atoms with Gasteiger partial charge in [0.25, 0.3) is 0 Å². The van der Waals surface area contributed by atoms with Crippen molar-refractivity contribution in [1.29, 1.82) is 0 Å². The molecule has 0 fully saturated rings. The average molecular weight is 342 g/mol. The summed E-state index contributed by atoms with van der Waals surface area (Å²) in [6, 6.07) is 0. The standard InChI is InChI=1S/C2H4O3.2ClH.Pt/c3-1-2(4)5;;;/h3H,1H2,(H,4,5);2*1H;/q;;;+2/p-2. The Kier molecular flexibility index (Phi) is 15.3. The molecule has 0 bridgehead atoms. The van der Waals surface area contributed by atoms with Crippen LogP contribution in [0.2, 0.25) is 0 Å².